The van der Waals surface area contributed by atoms with E-state index in [-0.39, 0.29) is 16.7 Å². The summed E-state index contributed by atoms with van der Waals surface area (Å²) in [5.41, 5.74) is 0.639. The molecule has 1 fully saturated rings. The number of nitrogens with one attached hydrogen (secondary N) is 1. The minimum Gasteiger partial charge on any atom is -0.458 e. The number of nitrogens with zero attached hydrogens (tertiary/aromatic N) is 4. The van der Waals surface area contributed by atoms with Gasteiger partial charge in [0, 0.05) is 37.2 Å². The number of hydrogen-bond donors (Lipinski definition) is 1. The third-order valence-corrected chi connectivity index (χ3v) is 7.04. The summed E-state index contributed by atoms with van der Waals surface area (Å²) in [4.78, 5) is 4.64. The van der Waals surface area contributed by atoms with E-state index < -0.39 is 10.0 Å². The van der Waals surface area contributed by atoms with Crippen LogP contribution in [0, 0.1) is 6.92 Å². The fourth-order valence-electron chi connectivity index (χ4n) is 3.38. The average molecular weight is 405 g/mol. The molecule has 3 aromatic rings. The second-order valence-corrected chi connectivity index (χ2v) is 9.23. The van der Waals surface area contributed by atoms with Crippen molar-refractivity contribution in [1.82, 2.24) is 24.6 Å². The summed E-state index contributed by atoms with van der Waals surface area (Å²) in [6, 6.07) is 3.28. The van der Waals surface area contributed by atoms with E-state index >= 15 is 0 Å². The Hall–Kier alpha value is -2.46. The van der Waals surface area contributed by atoms with E-state index in [1.54, 1.807) is 25.3 Å². The van der Waals surface area contributed by atoms with Crippen molar-refractivity contribution in [2.45, 2.75) is 50.3 Å². The zero-order valence-corrected chi connectivity index (χ0v) is 16.9. The van der Waals surface area contributed by atoms with Crippen LogP contribution in [0.4, 0.5) is 0 Å². The first-order chi connectivity index (χ1) is 13.4. The minimum atomic E-state index is -3.64. The van der Waals surface area contributed by atoms with Gasteiger partial charge in [-0.05, 0) is 25.8 Å². The maximum absolute atomic E-state index is 13.1. The van der Waals surface area contributed by atoms with Gasteiger partial charge in [-0.15, -0.1) is 0 Å². The molecule has 0 amide bonds. The van der Waals surface area contributed by atoms with E-state index in [2.05, 4.69) is 20.3 Å². The highest BCUT2D eigenvalue weighted by molar-refractivity contribution is 7.89. The molecular weight excluding hydrogens is 382 g/mol. The fraction of sp³-hybridized carbons (Fsp3) is 0.500. The first kappa shape index (κ1) is 18.9. The highest BCUT2D eigenvalue weighted by atomic mass is 32.2. The lowest BCUT2D eigenvalue weighted by molar-refractivity contribution is 0.269. The quantitative estimate of drug-likeness (QED) is 0.693. The van der Waals surface area contributed by atoms with Crippen molar-refractivity contribution in [3.63, 3.8) is 0 Å². The number of furan rings is 1. The second kappa shape index (κ2) is 7.17. The summed E-state index contributed by atoms with van der Waals surface area (Å²) in [5.74, 6) is 2.39. The summed E-state index contributed by atoms with van der Waals surface area (Å²) >= 11 is 0. The van der Waals surface area contributed by atoms with Gasteiger partial charge in [0.25, 0.3) is 0 Å². The number of sulfonamides is 1. The molecule has 4 heterocycles. The van der Waals surface area contributed by atoms with Gasteiger partial charge >= 0.3 is 0 Å². The molecule has 0 unspecified atom stereocenters. The zero-order chi connectivity index (χ0) is 19.9. The van der Waals surface area contributed by atoms with Crippen LogP contribution in [-0.2, 0) is 10.0 Å². The van der Waals surface area contributed by atoms with Crippen molar-refractivity contribution in [3.05, 3.63) is 35.8 Å². The lowest BCUT2D eigenvalue weighted by atomic mass is 9.98. The zero-order valence-electron chi connectivity index (χ0n) is 16.0. The highest BCUT2D eigenvalue weighted by Crippen LogP contribution is 2.33. The Morgan fingerprint density at radius 1 is 1.29 bits per heavy atom. The number of aromatic amines is 1. The van der Waals surface area contributed by atoms with Crippen molar-refractivity contribution in [2.24, 2.45) is 0 Å². The number of hydrogen-bond acceptors (Lipinski definition) is 7. The van der Waals surface area contributed by atoms with E-state index in [0.29, 0.717) is 54.9 Å². The minimum absolute atomic E-state index is 0.0810. The summed E-state index contributed by atoms with van der Waals surface area (Å²) < 4.78 is 38.8. The van der Waals surface area contributed by atoms with Crippen LogP contribution in [-0.4, -0.2) is 46.2 Å². The monoisotopic (exact) mass is 405 g/mol. The Labute approximate surface area is 163 Å². The van der Waals surface area contributed by atoms with E-state index in [1.165, 1.54) is 4.31 Å². The molecular formula is C18H23N5O4S. The van der Waals surface area contributed by atoms with Gasteiger partial charge < -0.3 is 8.94 Å². The van der Waals surface area contributed by atoms with E-state index in [4.69, 9.17) is 8.94 Å². The molecule has 0 saturated carbocycles. The Morgan fingerprint density at radius 2 is 2.04 bits per heavy atom. The van der Waals surface area contributed by atoms with Crippen LogP contribution in [0.1, 0.15) is 56.0 Å². The molecule has 4 rings (SSSR count). The largest absolute Gasteiger partial charge is 0.458 e. The van der Waals surface area contributed by atoms with Crippen LogP contribution in [0.25, 0.3) is 11.5 Å². The molecule has 0 aliphatic carbocycles. The molecule has 3 aromatic heterocycles. The van der Waals surface area contributed by atoms with Gasteiger partial charge in [-0.2, -0.15) is 14.4 Å². The summed E-state index contributed by atoms with van der Waals surface area (Å²) in [6.45, 7) is 6.47. The second-order valence-electron chi connectivity index (χ2n) is 7.33. The molecule has 10 heteroatoms. The van der Waals surface area contributed by atoms with E-state index in [0.717, 1.165) is 0 Å². The van der Waals surface area contributed by atoms with Gasteiger partial charge in [-0.25, -0.2) is 8.42 Å². The maximum atomic E-state index is 13.1. The lowest BCUT2D eigenvalue weighted by Gasteiger charge is -2.29. The Morgan fingerprint density at radius 3 is 2.64 bits per heavy atom. The van der Waals surface area contributed by atoms with Crippen molar-refractivity contribution in [2.75, 3.05) is 13.1 Å². The first-order valence-corrected chi connectivity index (χ1v) is 10.7. The highest BCUT2D eigenvalue weighted by Gasteiger charge is 2.34. The molecule has 0 spiro atoms. The fourth-order valence-corrected chi connectivity index (χ4v) is 5.01. The van der Waals surface area contributed by atoms with Crippen molar-refractivity contribution in [3.8, 4) is 11.5 Å². The van der Waals surface area contributed by atoms with E-state index in [9.17, 15) is 8.42 Å². The van der Waals surface area contributed by atoms with Gasteiger partial charge in [0.1, 0.15) is 16.3 Å². The smallest absolute Gasteiger partial charge is 0.246 e. The molecule has 0 bridgehead atoms. The maximum Gasteiger partial charge on any atom is 0.246 e. The van der Waals surface area contributed by atoms with Gasteiger partial charge in [0.05, 0.1) is 0 Å². The van der Waals surface area contributed by atoms with Crippen LogP contribution in [0.5, 0.6) is 0 Å². The Balaban J connectivity index is 1.49. The van der Waals surface area contributed by atoms with Crippen molar-refractivity contribution in [1.29, 1.82) is 0 Å². The molecule has 0 atom stereocenters. The van der Waals surface area contributed by atoms with E-state index in [1.807, 2.05) is 13.8 Å². The van der Waals surface area contributed by atoms with Crippen molar-refractivity contribution < 1.29 is 17.4 Å². The summed E-state index contributed by atoms with van der Waals surface area (Å²) in [6.07, 6.45) is 2.88. The SMILES string of the molecule is Cc1oc(-c2ccn[nH]2)cc1S(=O)(=O)N1CCC(c2nc(C(C)C)no2)CC1. The number of piperidine rings is 1. The third kappa shape index (κ3) is 3.37. The molecule has 0 aromatic carbocycles. The molecule has 1 aliphatic heterocycles. The molecule has 9 nitrogen and oxygen atoms in total. The van der Waals surface area contributed by atoms with Gasteiger partial charge in [-0.1, -0.05) is 19.0 Å². The van der Waals surface area contributed by atoms with Gasteiger partial charge in [0.2, 0.25) is 15.9 Å². The van der Waals surface area contributed by atoms with Crippen LogP contribution >= 0.6 is 0 Å². The molecule has 28 heavy (non-hydrogen) atoms. The Kier molecular flexibility index (Phi) is 4.84. The number of aryl methyl sites for hydroxylation is 1. The molecule has 1 N–H and O–H groups in total. The Bertz CT molecular complexity index is 1040. The van der Waals surface area contributed by atoms with Crippen molar-refractivity contribution >= 4 is 10.0 Å². The first-order valence-electron chi connectivity index (χ1n) is 9.30. The number of aromatic nitrogens is 4. The van der Waals surface area contributed by atoms with Crippen LogP contribution in [0.2, 0.25) is 0 Å². The molecule has 1 saturated heterocycles. The average Bonchev–Trinajstić information content (AvgIpc) is 3.42. The van der Waals surface area contributed by atoms with Crippen LogP contribution in [0.15, 0.2) is 32.2 Å². The van der Waals surface area contributed by atoms with Crippen LogP contribution in [0.3, 0.4) is 0 Å². The third-order valence-electron chi connectivity index (χ3n) is 5.03. The summed E-state index contributed by atoms with van der Waals surface area (Å²) in [5, 5.41) is 10.7. The van der Waals surface area contributed by atoms with Gasteiger partial charge in [0.15, 0.2) is 11.6 Å². The number of H-pyrrole nitrogens is 1. The standard InChI is InChI=1S/C18H23N5O4S/c1-11(2)17-20-18(27-22-17)13-5-8-23(9-6-13)28(24,25)16-10-15(26-12(16)3)14-4-7-19-21-14/h4,7,10-11,13H,5-6,8-9H2,1-3H3,(H,19,21). The van der Waals surface area contributed by atoms with Crippen LogP contribution < -0.4 is 0 Å². The molecule has 0 radical (unpaired) electrons. The van der Waals surface area contributed by atoms with Gasteiger partial charge in [-0.3, -0.25) is 5.10 Å². The lowest BCUT2D eigenvalue weighted by Crippen LogP contribution is -2.38. The predicted molar refractivity (Wildman–Crippen MR) is 100 cm³/mol. The topological polar surface area (TPSA) is 118 Å². The molecule has 150 valence electrons. The predicted octanol–water partition coefficient (Wildman–Crippen LogP) is 3.05. The number of rotatable bonds is 5. The molecule has 1 aliphatic rings. The normalized spacial score (nSPS) is 16.9. The summed E-state index contributed by atoms with van der Waals surface area (Å²) in [7, 11) is -3.64.